The number of anilines is 1. The van der Waals surface area contributed by atoms with Crippen molar-refractivity contribution in [2.75, 3.05) is 18.9 Å². The van der Waals surface area contributed by atoms with Crippen LogP contribution in [0.15, 0.2) is 6.20 Å². The highest BCUT2D eigenvalue weighted by atomic mass is 16.3. The molecule has 0 atom stereocenters. The van der Waals surface area contributed by atoms with Gasteiger partial charge in [0.1, 0.15) is 11.6 Å². The van der Waals surface area contributed by atoms with E-state index in [-0.39, 0.29) is 6.61 Å². The lowest BCUT2D eigenvalue weighted by Crippen LogP contribution is -2.36. The molecule has 21 heavy (non-hydrogen) atoms. The summed E-state index contributed by atoms with van der Waals surface area (Å²) in [5.74, 6) is 1.13. The third-order valence-corrected chi connectivity index (χ3v) is 3.86. The minimum absolute atomic E-state index is 0.125. The summed E-state index contributed by atoms with van der Waals surface area (Å²) in [6.07, 6.45) is 3.74. The summed E-state index contributed by atoms with van der Waals surface area (Å²) in [6.45, 7) is 5.62. The first-order valence-electron chi connectivity index (χ1n) is 7.39. The molecule has 116 valence electrons. The van der Waals surface area contributed by atoms with Gasteiger partial charge in [-0.15, -0.1) is 0 Å². The molecule has 2 aromatic rings. The number of aryl methyl sites for hydroxylation is 1. The molecule has 7 nitrogen and oxygen atoms in total. The Morgan fingerprint density at radius 1 is 1.33 bits per heavy atom. The molecule has 0 aliphatic rings. The van der Waals surface area contributed by atoms with Crippen LogP contribution in [0.4, 0.5) is 5.82 Å². The first-order chi connectivity index (χ1) is 10.1. The van der Waals surface area contributed by atoms with Crippen molar-refractivity contribution >= 4 is 16.9 Å². The molecule has 0 bridgehead atoms. The Labute approximate surface area is 124 Å². The van der Waals surface area contributed by atoms with E-state index in [4.69, 9.17) is 5.73 Å². The molecule has 0 amide bonds. The highest BCUT2D eigenvalue weighted by Gasteiger charge is 2.17. The fourth-order valence-corrected chi connectivity index (χ4v) is 2.67. The van der Waals surface area contributed by atoms with Crippen molar-refractivity contribution in [1.29, 1.82) is 0 Å². The Morgan fingerprint density at radius 2 is 2.05 bits per heavy atom. The Bertz CT molecular complexity index is 592. The standard InChI is InChI=1S/C14H24N6O/c1-4-10(5-2)20(6-7-21)9-12-17-13(15)11-8-16-19(3)14(11)18-12/h8,10,21H,4-7,9H2,1-3H3,(H2,15,17,18). The van der Waals surface area contributed by atoms with E-state index in [1.54, 1.807) is 10.9 Å². The van der Waals surface area contributed by atoms with Crippen LogP contribution in [0.5, 0.6) is 0 Å². The zero-order valence-corrected chi connectivity index (χ0v) is 13.0. The maximum atomic E-state index is 9.27. The molecule has 2 rings (SSSR count). The van der Waals surface area contributed by atoms with E-state index in [9.17, 15) is 5.11 Å². The number of nitrogen functional groups attached to an aromatic ring is 1. The number of aromatic nitrogens is 4. The Balaban J connectivity index is 2.29. The molecular formula is C14H24N6O. The van der Waals surface area contributed by atoms with Crippen molar-refractivity contribution in [3.8, 4) is 0 Å². The van der Waals surface area contributed by atoms with E-state index in [1.807, 2.05) is 7.05 Å². The van der Waals surface area contributed by atoms with Crippen LogP contribution < -0.4 is 5.73 Å². The van der Waals surface area contributed by atoms with Gasteiger partial charge in [0.2, 0.25) is 0 Å². The summed E-state index contributed by atoms with van der Waals surface area (Å²) in [6, 6.07) is 0.407. The van der Waals surface area contributed by atoms with Gasteiger partial charge < -0.3 is 10.8 Å². The van der Waals surface area contributed by atoms with Gasteiger partial charge in [0.25, 0.3) is 0 Å². The molecule has 7 heteroatoms. The highest BCUT2D eigenvalue weighted by molar-refractivity contribution is 5.84. The van der Waals surface area contributed by atoms with E-state index in [0.29, 0.717) is 30.8 Å². The SMILES string of the molecule is CCC(CC)N(CCO)Cc1nc(N)c2cnn(C)c2n1. The van der Waals surface area contributed by atoms with Crippen LogP contribution in [-0.4, -0.2) is 48.9 Å². The summed E-state index contributed by atoms with van der Waals surface area (Å²) in [4.78, 5) is 11.1. The lowest BCUT2D eigenvalue weighted by molar-refractivity contribution is 0.134. The van der Waals surface area contributed by atoms with Gasteiger partial charge in [0.15, 0.2) is 5.65 Å². The summed E-state index contributed by atoms with van der Waals surface area (Å²) < 4.78 is 1.70. The maximum absolute atomic E-state index is 9.27. The van der Waals surface area contributed by atoms with E-state index < -0.39 is 0 Å². The molecule has 0 saturated heterocycles. The van der Waals surface area contributed by atoms with Crippen LogP contribution in [0.2, 0.25) is 0 Å². The van der Waals surface area contributed by atoms with Crippen molar-refractivity contribution in [3.05, 3.63) is 12.0 Å². The molecule has 0 unspecified atom stereocenters. The number of aliphatic hydroxyl groups excluding tert-OH is 1. The third kappa shape index (κ3) is 3.30. The Kier molecular flexibility index (Phi) is 5.08. The average Bonchev–Trinajstić information content (AvgIpc) is 2.83. The minimum atomic E-state index is 0.125. The first kappa shape index (κ1) is 15.7. The summed E-state index contributed by atoms with van der Waals surface area (Å²) in [7, 11) is 1.84. The number of hydrogen-bond acceptors (Lipinski definition) is 6. The summed E-state index contributed by atoms with van der Waals surface area (Å²) in [5, 5.41) is 14.2. The monoisotopic (exact) mass is 292 g/mol. The summed E-state index contributed by atoms with van der Waals surface area (Å²) in [5.41, 5.74) is 6.73. The Hall–Kier alpha value is -1.73. The van der Waals surface area contributed by atoms with Gasteiger partial charge in [-0.25, -0.2) is 9.97 Å². The predicted octanol–water partition coefficient (Wildman–Crippen LogP) is 0.928. The van der Waals surface area contributed by atoms with Crippen molar-refractivity contribution in [2.45, 2.75) is 39.3 Å². The molecule has 0 aromatic carbocycles. The van der Waals surface area contributed by atoms with Crippen molar-refractivity contribution in [2.24, 2.45) is 7.05 Å². The predicted molar refractivity (Wildman–Crippen MR) is 82.6 cm³/mol. The molecule has 2 heterocycles. The van der Waals surface area contributed by atoms with E-state index in [1.165, 1.54) is 0 Å². The fraction of sp³-hybridized carbons (Fsp3) is 0.643. The van der Waals surface area contributed by atoms with Crippen LogP contribution >= 0.6 is 0 Å². The lowest BCUT2D eigenvalue weighted by atomic mass is 10.1. The lowest BCUT2D eigenvalue weighted by Gasteiger charge is -2.29. The topological polar surface area (TPSA) is 93.1 Å². The van der Waals surface area contributed by atoms with E-state index >= 15 is 0 Å². The van der Waals surface area contributed by atoms with Gasteiger partial charge in [-0.1, -0.05) is 13.8 Å². The summed E-state index contributed by atoms with van der Waals surface area (Å²) >= 11 is 0. The molecular weight excluding hydrogens is 268 g/mol. The Morgan fingerprint density at radius 3 is 2.67 bits per heavy atom. The second-order valence-corrected chi connectivity index (χ2v) is 5.19. The zero-order chi connectivity index (χ0) is 15.4. The van der Waals surface area contributed by atoms with Crippen LogP contribution in [0.3, 0.4) is 0 Å². The normalized spacial score (nSPS) is 11.9. The smallest absolute Gasteiger partial charge is 0.163 e. The first-order valence-corrected chi connectivity index (χ1v) is 7.39. The van der Waals surface area contributed by atoms with Crippen molar-refractivity contribution in [3.63, 3.8) is 0 Å². The highest BCUT2D eigenvalue weighted by Crippen LogP contribution is 2.18. The van der Waals surface area contributed by atoms with Gasteiger partial charge in [0, 0.05) is 19.6 Å². The van der Waals surface area contributed by atoms with Crippen LogP contribution in [-0.2, 0) is 13.6 Å². The largest absolute Gasteiger partial charge is 0.395 e. The second kappa shape index (κ2) is 6.82. The van der Waals surface area contributed by atoms with Gasteiger partial charge in [-0.05, 0) is 12.8 Å². The maximum Gasteiger partial charge on any atom is 0.163 e. The number of aliphatic hydroxyl groups is 1. The van der Waals surface area contributed by atoms with E-state index in [0.717, 1.165) is 23.9 Å². The van der Waals surface area contributed by atoms with Crippen LogP contribution in [0.25, 0.3) is 11.0 Å². The van der Waals surface area contributed by atoms with Gasteiger partial charge >= 0.3 is 0 Å². The number of nitrogens with zero attached hydrogens (tertiary/aromatic N) is 5. The fourth-order valence-electron chi connectivity index (χ4n) is 2.67. The van der Waals surface area contributed by atoms with Gasteiger partial charge in [0.05, 0.1) is 24.7 Å². The van der Waals surface area contributed by atoms with Gasteiger partial charge in [-0.2, -0.15) is 5.10 Å². The minimum Gasteiger partial charge on any atom is -0.395 e. The van der Waals surface area contributed by atoms with Crippen LogP contribution in [0.1, 0.15) is 32.5 Å². The number of nitrogens with two attached hydrogens (primary N) is 1. The third-order valence-electron chi connectivity index (χ3n) is 3.86. The number of fused-ring (bicyclic) bond motifs is 1. The van der Waals surface area contributed by atoms with Crippen molar-refractivity contribution < 1.29 is 5.11 Å². The number of hydrogen-bond donors (Lipinski definition) is 2. The molecule has 0 fully saturated rings. The quantitative estimate of drug-likeness (QED) is 0.788. The number of rotatable bonds is 7. The molecule has 2 aromatic heterocycles. The van der Waals surface area contributed by atoms with Crippen LogP contribution in [0, 0.1) is 0 Å². The van der Waals surface area contributed by atoms with Crippen molar-refractivity contribution in [1.82, 2.24) is 24.6 Å². The average molecular weight is 292 g/mol. The van der Waals surface area contributed by atoms with Gasteiger partial charge in [-0.3, -0.25) is 9.58 Å². The molecule has 0 spiro atoms. The molecule has 0 radical (unpaired) electrons. The molecule has 0 saturated carbocycles. The second-order valence-electron chi connectivity index (χ2n) is 5.19. The van der Waals surface area contributed by atoms with E-state index in [2.05, 4.69) is 33.8 Å². The zero-order valence-electron chi connectivity index (χ0n) is 13.0. The molecule has 0 aliphatic carbocycles. The molecule has 0 aliphatic heterocycles. The molecule has 3 N–H and O–H groups in total.